The number of carbonyl (C=O) groups is 1. The number of nitrogens with zero attached hydrogens (tertiary/aromatic N) is 1. The molecule has 0 bridgehead atoms. The van der Waals surface area contributed by atoms with Crippen molar-refractivity contribution in [1.29, 1.82) is 5.26 Å². The summed E-state index contributed by atoms with van der Waals surface area (Å²) in [5, 5.41) is 13.1. The Morgan fingerprint density at radius 3 is 2.31 bits per heavy atom. The van der Waals surface area contributed by atoms with Crippen LogP contribution in [-0.2, 0) is 4.79 Å². The SMILES string of the molecule is CC(C)c1ccc(NC(=O)/C(C#N)=C/c2ccc(-c3cc(Cl)cc(Cl)c3)o2)cc1. The van der Waals surface area contributed by atoms with Gasteiger partial charge in [0.2, 0.25) is 0 Å². The van der Waals surface area contributed by atoms with Crippen LogP contribution in [0, 0.1) is 11.3 Å². The average Bonchev–Trinajstić information content (AvgIpc) is 3.14. The Hall–Kier alpha value is -3.00. The van der Waals surface area contributed by atoms with Gasteiger partial charge in [-0.15, -0.1) is 0 Å². The maximum atomic E-state index is 12.5. The first-order chi connectivity index (χ1) is 13.9. The van der Waals surface area contributed by atoms with E-state index in [9.17, 15) is 10.1 Å². The molecule has 3 rings (SSSR count). The van der Waals surface area contributed by atoms with E-state index in [1.54, 1.807) is 30.3 Å². The molecule has 0 unspecified atom stereocenters. The van der Waals surface area contributed by atoms with Crippen LogP contribution in [0.2, 0.25) is 10.0 Å². The molecule has 29 heavy (non-hydrogen) atoms. The summed E-state index contributed by atoms with van der Waals surface area (Å²) in [6, 6.07) is 17.9. The molecule has 1 aromatic heterocycles. The molecule has 4 nitrogen and oxygen atoms in total. The summed E-state index contributed by atoms with van der Waals surface area (Å²) in [5.41, 5.74) is 2.43. The van der Waals surface area contributed by atoms with Crippen LogP contribution in [0.25, 0.3) is 17.4 Å². The molecule has 1 amide bonds. The van der Waals surface area contributed by atoms with Crippen LogP contribution in [-0.4, -0.2) is 5.91 Å². The highest BCUT2D eigenvalue weighted by Gasteiger charge is 2.12. The van der Waals surface area contributed by atoms with Crippen LogP contribution in [0.3, 0.4) is 0 Å². The van der Waals surface area contributed by atoms with Crippen molar-refractivity contribution < 1.29 is 9.21 Å². The van der Waals surface area contributed by atoms with Crippen LogP contribution in [0.1, 0.15) is 31.1 Å². The first-order valence-electron chi connectivity index (χ1n) is 8.95. The Balaban J connectivity index is 1.78. The number of furan rings is 1. The van der Waals surface area contributed by atoms with Gasteiger partial charge in [0.1, 0.15) is 23.2 Å². The second kappa shape index (κ2) is 9.00. The fraction of sp³-hybridized carbons (Fsp3) is 0.130. The Bertz CT molecular complexity index is 1090. The molecule has 0 spiro atoms. The lowest BCUT2D eigenvalue weighted by atomic mass is 10.0. The van der Waals surface area contributed by atoms with E-state index in [4.69, 9.17) is 27.6 Å². The summed E-state index contributed by atoms with van der Waals surface area (Å²) >= 11 is 12.1. The number of nitriles is 1. The van der Waals surface area contributed by atoms with E-state index in [1.165, 1.54) is 11.6 Å². The predicted molar refractivity (Wildman–Crippen MR) is 117 cm³/mol. The van der Waals surface area contributed by atoms with Crippen molar-refractivity contribution in [3.05, 3.63) is 81.5 Å². The fourth-order valence-electron chi connectivity index (χ4n) is 2.72. The summed E-state index contributed by atoms with van der Waals surface area (Å²) in [6.45, 7) is 4.19. The minimum absolute atomic E-state index is 0.0667. The van der Waals surface area contributed by atoms with E-state index < -0.39 is 5.91 Å². The van der Waals surface area contributed by atoms with Crippen molar-refractivity contribution >= 4 is 40.9 Å². The van der Waals surface area contributed by atoms with E-state index in [0.717, 1.165) is 0 Å². The van der Waals surface area contributed by atoms with Crippen LogP contribution >= 0.6 is 23.2 Å². The lowest BCUT2D eigenvalue weighted by Crippen LogP contribution is -2.13. The molecule has 2 aromatic carbocycles. The topological polar surface area (TPSA) is 66.0 Å². The molecule has 0 aliphatic heterocycles. The van der Waals surface area contributed by atoms with Crippen LogP contribution in [0.15, 0.2) is 64.6 Å². The van der Waals surface area contributed by atoms with Crippen molar-refractivity contribution in [3.63, 3.8) is 0 Å². The largest absolute Gasteiger partial charge is 0.457 e. The zero-order chi connectivity index (χ0) is 21.0. The Labute approximate surface area is 179 Å². The fourth-order valence-corrected chi connectivity index (χ4v) is 3.25. The summed E-state index contributed by atoms with van der Waals surface area (Å²) in [7, 11) is 0. The highest BCUT2D eigenvalue weighted by Crippen LogP contribution is 2.29. The van der Waals surface area contributed by atoms with E-state index in [1.807, 2.05) is 30.3 Å². The average molecular weight is 425 g/mol. The summed E-state index contributed by atoms with van der Waals surface area (Å²) in [6.07, 6.45) is 1.40. The minimum Gasteiger partial charge on any atom is -0.457 e. The molecule has 3 aromatic rings. The van der Waals surface area contributed by atoms with Gasteiger partial charge in [-0.25, -0.2) is 0 Å². The molecule has 0 saturated heterocycles. The molecule has 6 heteroatoms. The number of nitrogens with one attached hydrogen (secondary N) is 1. The van der Waals surface area contributed by atoms with Gasteiger partial charge in [-0.3, -0.25) is 4.79 Å². The highest BCUT2D eigenvalue weighted by molar-refractivity contribution is 6.35. The van der Waals surface area contributed by atoms with Crippen molar-refractivity contribution in [1.82, 2.24) is 0 Å². The number of rotatable bonds is 5. The molecule has 0 fully saturated rings. The number of benzene rings is 2. The lowest BCUT2D eigenvalue weighted by molar-refractivity contribution is -0.112. The maximum Gasteiger partial charge on any atom is 0.266 e. The minimum atomic E-state index is -0.506. The van der Waals surface area contributed by atoms with Crippen LogP contribution < -0.4 is 5.32 Å². The quantitative estimate of drug-likeness (QED) is 0.356. The third kappa shape index (κ3) is 5.29. The van der Waals surface area contributed by atoms with Gasteiger partial charge in [0, 0.05) is 27.4 Å². The summed E-state index contributed by atoms with van der Waals surface area (Å²) in [5.74, 6) is 0.797. The Morgan fingerprint density at radius 1 is 1.07 bits per heavy atom. The predicted octanol–water partition coefficient (Wildman–Crippen LogP) is 6.92. The molecule has 0 saturated carbocycles. The number of anilines is 1. The molecular weight excluding hydrogens is 407 g/mol. The highest BCUT2D eigenvalue weighted by atomic mass is 35.5. The molecule has 0 aliphatic carbocycles. The van der Waals surface area contributed by atoms with Gasteiger partial charge in [-0.1, -0.05) is 49.2 Å². The number of halogens is 2. The van der Waals surface area contributed by atoms with Gasteiger partial charge in [0.15, 0.2) is 0 Å². The summed E-state index contributed by atoms with van der Waals surface area (Å²) < 4.78 is 5.73. The smallest absolute Gasteiger partial charge is 0.266 e. The molecule has 146 valence electrons. The van der Waals surface area contributed by atoms with Gasteiger partial charge in [-0.2, -0.15) is 5.26 Å². The third-order valence-corrected chi connectivity index (χ3v) is 4.70. The number of hydrogen-bond donors (Lipinski definition) is 1. The van der Waals surface area contributed by atoms with Crippen molar-refractivity contribution in [3.8, 4) is 17.4 Å². The van der Waals surface area contributed by atoms with Crippen molar-refractivity contribution in [2.45, 2.75) is 19.8 Å². The molecule has 0 atom stereocenters. The number of carbonyl (C=O) groups excluding carboxylic acids is 1. The van der Waals surface area contributed by atoms with E-state index >= 15 is 0 Å². The number of hydrogen-bond acceptors (Lipinski definition) is 3. The normalized spacial score (nSPS) is 11.4. The molecule has 0 aliphatic rings. The first-order valence-corrected chi connectivity index (χ1v) is 9.70. The Kier molecular flexibility index (Phi) is 6.43. The lowest BCUT2D eigenvalue weighted by Gasteiger charge is -2.08. The monoisotopic (exact) mass is 424 g/mol. The second-order valence-corrected chi connectivity index (χ2v) is 7.63. The first kappa shape index (κ1) is 20.7. The zero-order valence-electron chi connectivity index (χ0n) is 15.9. The number of amides is 1. The summed E-state index contributed by atoms with van der Waals surface area (Å²) in [4.78, 5) is 12.5. The van der Waals surface area contributed by atoms with E-state index in [0.29, 0.717) is 38.7 Å². The van der Waals surface area contributed by atoms with Crippen molar-refractivity contribution in [2.75, 3.05) is 5.32 Å². The molecule has 0 radical (unpaired) electrons. The van der Waals surface area contributed by atoms with Gasteiger partial charge < -0.3 is 9.73 Å². The van der Waals surface area contributed by atoms with Gasteiger partial charge in [-0.05, 0) is 53.9 Å². The third-order valence-electron chi connectivity index (χ3n) is 4.26. The molecule has 1 N–H and O–H groups in total. The molecule has 1 heterocycles. The second-order valence-electron chi connectivity index (χ2n) is 6.76. The Morgan fingerprint density at radius 2 is 1.72 bits per heavy atom. The van der Waals surface area contributed by atoms with Crippen LogP contribution in [0.5, 0.6) is 0 Å². The van der Waals surface area contributed by atoms with Gasteiger partial charge in [0.05, 0.1) is 0 Å². The van der Waals surface area contributed by atoms with Crippen LogP contribution in [0.4, 0.5) is 5.69 Å². The standard InChI is InChI=1S/C23H18Cl2N2O2/c1-14(2)15-3-5-20(6-4-15)27-23(28)17(13-26)11-21-7-8-22(29-21)16-9-18(24)12-19(25)10-16/h3-12,14H,1-2H3,(H,27,28)/b17-11+. The van der Waals surface area contributed by atoms with E-state index in [2.05, 4.69) is 19.2 Å². The maximum absolute atomic E-state index is 12.5. The zero-order valence-corrected chi connectivity index (χ0v) is 17.4. The van der Waals surface area contributed by atoms with Crippen molar-refractivity contribution in [2.24, 2.45) is 0 Å². The van der Waals surface area contributed by atoms with Gasteiger partial charge >= 0.3 is 0 Å². The molecular formula is C23H18Cl2N2O2. The van der Waals surface area contributed by atoms with Gasteiger partial charge in [0.25, 0.3) is 5.91 Å². The van der Waals surface area contributed by atoms with E-state index in [-0.39, 0.29) is 5.57 Å².